The molecule has 0 saturated heterocycles. The molecule has 3 aromatic rings. The highest BCUT2D eigenvalue weighted by Crippen LogP contribution is 2.22. The normalized spacial score (nSPS) is 12.0. The summed E-state index contributed by atoms with van der Waals surface area (Å²) in [4.78, 5) is 28.3. The molecule has 1 atom stereocenters. The van der Waals surface area contributed by atoms with Gasteiger partial charge < -0.3 is 10.1 Å². The van der Waals surface area contributed by atoms with Crippen LogP contribution in [0.4, 0.5) is 8.78 Å². The molecule has 1 N–H and O–H groups in total. The van der Waals surface area contributed by atoms with Crippen molar-refractivity contribution in [3.8, 4) is 0 Å². The zero-order chi connectivity index (χ0) is 20.8. The number of rotatable bonds is 8. The standard InChI is InChI=1S/C21H20F2N2O3S/c1-13(15-10-9-14(22)11-16(15)23)24-19(26)12-28-21(27)8-4-7-20-25-17-5-2-3-6-18(17)29-20/h2-3,5-6,9-11,13H,4,7-8,12H2,1H3,(H,24,26)/t13-/m0/s1. The maximum Gasteiger partial charge on any atom is 0.306 e. The van der Waals surface area contributed by atoms with Crippen molar-refractivity contribution < 1.29 is 23.1 Å². The number of esters is 1. The number of nitrogens with zero attached hydrogens (tertiary/aromatic N) is 1. The van der Waals surface area contributed by atoms with Crippen molar-refractivity contribution in [2.24, 2.45) is 0 Å². The highest BCUT2D eigenvalue weighted by Gasteiger charge is 2.15. The summed E-state index contributed by atoms with van der Waals surface area (Å²) in [6.45, 7) is 1.11. The molecule has 0 bridgehead atoms. The van der Waals surface area contributed by atoms with Crippen LogP contribution in [0.5, 0.6) is 0 Å². The van der Waals surface area contributed by atoms with E-state index in [9.17, 15) is 18.4 Å². The number of nitrogens with one attached hydrogen (secondary N) is 1. The molecule has 0 radical (unpaired) electrons. The van der Waals surface area contributed by atoms with E-state index in [4.69, 9.17) is 4.74 Å². The van der Waals surface area contributed by atoms with Crippen LogP contribution in [0.2, 0.25) is 0 Å². The Bertz CT molecular complexity index is 989. The van der Waals surface area contributed by atoms with Crippen molar-refractivity contribution in [3.05, 3.63) is 64.7 Å². The van der Waals surface area contributed by atoms with E-state index in [1.54, 1.807) is 18.3 Å². The highest BCUT2D eigenvalue weighted by molar-refractivity contribution is 7.18. The van der Waals surface area contributed by atoms with E-state index in [0.717, 1.165) is 27.4 Å². The summed E-state index contributed by atoms with van der Waals surface area (Å²) >= 11 is 1.59. The number of para-hydroxylation sites is 1. The fraction of sp³-hybridized carbons (Fsp3) is 0.286. The second-order valence-electron chi connectivity index (χ2n) is 6.54. The van der Waals surface area contributed by atoms with Crippen LogP contribution in [-0.4, -0.2) is 23.5 Å². The van der Waals surface area contributed by atoms with E-state index in [2.05, 4.69) is 10.3 Å². The lowest BCUT2D eigenvalue weighted by molar-refractivity contribution is -0.148. The average molecular weight is 418 g/mol. The number of thiazole rings is 1. The Labute approximate surface area is 170 Å². The number of aryl methyl sites for hydroxylation is 1. The van der Waals surface area contributed by atoms with Crippen molar-refractivity contribution in [3.63, 3.8) is 0 Å². The molecule has 5 nitrogen and oxygen atoms in total. The minimum absolute atomic E-state index is 0.155. The first-order chi connectivity index (χ1) is 13.9. The van der Waals surface area contributed by atoms with Crippen LogP contribution in [0, 0.1) is 11.6 Å². The number of aromatic nitrogens is 1. The quantitative estimate of drug-likeness (QED) is 0.554. The monoisotopic (exact) mass is 418 g/mol. The first-order valence-corrected chi connectivity index (χ1v) is 9.98. The summed E-state index contributed by atoms with van der Waals surface area (Å²) in [5, 5.41) is 3.47. The molecule has 0 unspecified atom stereocenters. The third kappa shape index (κ3) is 5.80. The van der Waals surface area contributed by atoms with Gasteiger partial charge in [-0.05, 0) is 38.0 Å². The van der Waals surface area contributed by atoms with Gasteiger partial charge in [0.2, 0.25) is 0 Å². The Morgan fingerprint density at radius 2 is 2.00 bits per heavy atom. The zero-order valence-corrected chi connectivity index (χ0v) is 16.6. The fourth-order valence-electron chi connectivity index (χ4n) is 2.84. The number of hydrogen-bond donors (Lipinski definition) is 1. The Morgan fingerprint density at radius 1 is 1.21 bits per heavy atom. The largest absolute Gasteiger partial charge is 0.456 e. The average Bonchev–Trinajstić information content (AvgIpc) is 3.09. The van der Waals surface area contributed by atoms with Gasteiger partial charge in [-0.25, -0.2) is 13.8 Å². The predicted octanol–water partition coefficient (Wildman–Crippen LogP) is 4.32. The number of benzene rings is 2. The van der Waals surface area contributed by atoms with Crippen molar-refractivity contribution in [1.82, 2.24) is 10.3 Å². The van der Waals surface area contributed by atoms with Gasteiger partial charge in [0, 0.05) is 18.1 Å². The molecule has 0 saturated carbocycles. The second kappa shape index (κ2) is 9.56. The van der Waals surface area contributed by atoms with Gasteiger partial charge in [0.1, 0.15) is 11.6 Å². The van der Waals surface area contributed by atoms with Crippen molar-refractivity contribution >= 4 is 33.4 Å². The van der Waals surface area contributed by atoms with Gasteiger partial charge in [0.05, 0.1) is 21.3 Å². The van der Waals surface area contributed by atoms with E-state index in [1.807, 2.05) is 24.3 Å². The number of fused-ring (bicyclic) bond motifs is 1. The second-order valence-corrected chi connectivity index (χ2v) is 7.66. The number of carbonyl (C=O) groups excluding carboxylic acids is 2. The summed E-state index contributed by atoms with van der Waals surface area (Å²) in [5.74, 6) is -2.48. The number of amides is 1. The summed E-state index contributed by atoms with van der Waals surface area (Å²) < 4.78 is 32.8. The van der Waals surface area contributed by atoms with Crippen LogP contribution >= 0.6 is 11.3 Å². The number of hydrogen-bond acceptors (Lipinski definition) is 5. The molecule has 29 heavy (non-hydrogen) atoms. The van der Waals surface area contributed by atoms with Gasteiger partial charge in [-0.15, -0.1) is 11.3 Å². The molecule has 0 aliphatic carbocycles. The summed E-state index contributed by atoms with van der Waals surface area (Å²) in [6, 6.07) is 10.3. The van der Waals surface area contributed by atoms with Crippen molar-refractivity contribution in [2.75, 3.05) is 6.61 Å². The van der Waals surface area contributed by atoms with Gasteiger partial charge in [-0.1, -0.05) is 18.2 Å². The number of carbonyl (C=O) groups is 2. The van der Waals surface area contributed by atoms with Gasteiger partial charge >= 0.3 is 5.97 Å². The van der Waals surface area contributed by atoms with Crippen molar-refractivity contribution in [2.45, 2.75) is 32.2 Å². The number of ether oxygens (including phenoxy) is 1. The molecule has 1 amide bonds. The van der Waals surface area contributed by atoms with Crippen LogP contribution in [0.3, 0.4) is 0 Å². The minimum Gasteiger partial charge on any atom is -0.456 e. The smallest absolute Gasteiger partial charge is 0.306 e. The molecule has 0 aliphatic rings. The Morgan fingerprint density at radius 3 is 2.76 bits per heavy atom. The Hall–Kier alpha value is -2.87. The fourth-order valence-corrected chi connectivity index (χ4v) is 3.85. The lowest BCUT2D eigenvalue weighted by atomic mass is 10.1. The molecule has 1 heterocycles. The lowest BCUT2D eigenvalue weighted by Crippen LogP contribution is -2.31. The van der Waals surface area contributed by atoms with E-state index < -0.39 is 36.2 Å². The van der Waals surface area contributed by atoms with Crippen LogP contribution in [0.1, 0.15) is 36.4 Å². The molecule has 3 rings (SSSR count). The van der Waals surface area contributed by atoms with Gasteiger partial charge in [0.15, 0.2) is 6.61 Å². The van der Waals surface area contributed by atoms with Gasteiger partial charge in [0.25, 0.3) is 5.91 Å². The first kappa shape index (κ1) is 20.9. The molecule has 2 aromatic carbocycles. The lowest BCUT2D eigenvalue weighted by Gasteiger charge is -2.15. The Balaban J connectivity index is 1.38. The molecule has 8 heteroatoms. The SMILES string of the molecule is C[C@H](NC(=O)COC(=O)CCCc1nc2ccccc2s1)c1ccc(F)cc1F. The van der Waals surface area contributed by atoms with E-state index in [-0.39, 0.29) is 12.0 Å². The molecule has 1 aromatic heterocycles. The van der Waals surface area contributed by atoms with E-state index >= 15 is 0 Å². The molecular weight excluding hydrogens is 398 g/mol. The van der Waals surface area contributed by atoms with Crippen LogP contribution in [0.15, 0.2) is 42.5 Å². The minimum atomic E-state index is -0.746. The van der Waals surface area contributed by atoms with E-state index in [0.29, 0.717) is 12.8 Å². The van der Waals surface area contributed by atoms with Crippen LogP contribution < -0.4 is 5.32 Å². The summed E-state index contributed by atoms with van der Waals surface area (Å²) in [5.41, 5.74) is 1.10. The zero-order valence-electron chi connectivity index (χ0n) is 15.8. The maximum atomic E-state index is 13.7. The molecule has 0 aliphatic heterocycles. The molecule has 0 fully saturated rings. The first-order valence-electron chi connectivity index (χ1n) is 9.17. The third-order valence-corrected chi connectivity index (χ3v) is 5.38. The topological polar surface area (TPSA) is 68.3 Å². The predicted molar refractivity (Wildman–Crippen MR) is 106 cm³/mol. The Kier molecular flexibility index (Phi) is 6.87. The maximum absolute atomic E-state index is 13.7. The molecular formula is C21H20F2N2O3S. The van der Waals surface area contributed by atoms with E-state index in [1.165, 1.54) is 6.07 Å². The third-order valence-electron chi connectivity index (χ3n) is 4.28. The highest BCUT2D eigenvalue weighted by atomic mass is 32.1. The van der Waals surface area contributed by atoms with Crippen LogP contribution in [-0.2, 0) is 20.7 Å². The number of halogens is 2. The molecule has 0 spiro atoms. The summed E-state index contributed by atoms with van der Waals surface area (Å²) in [6.07, 6.45) is 1.39. The van der Waals surface area contributed by atoms with Crippen molar-refractivity contribution in [1.29, 1.82) is 0 Å². The van der Waals surface area contributed by atoms with Gasteiger partial charge in [-0.2, -0.15) is 0 Å². The summed E-state index contributed by atoms with van der Waals surface area (Å²) in [7, 11) is 0. The van der Waals surface area contributed by atoms with Crippen LogP contribution in [0.25, 0.3) is 10.2 Å². The molecule has 152 valence electrons. The van der Waals surface area contributed by atoms with Gasteiger partial charge in [-0.3, -0.25) is 9.59 Å².